The fourth-order valence-corrected chi connectivity index (χ4v) is 1.72. The molecule has 0 fully saturated rings. The minimum Gasteiger partial charge on any atom is -0.271 e. The highest BCUT2D eigenvalue weighted by Gasteiger charge is 2.14. The molecule has 0 radical (unpaired) electrons. The van der Waals surface area contributed by atoms with Crippen LogP contribution in [-0.2, 0) is 0 Å². The third kappa shape index (κ3) is 2.08. The number of aryl methyl sites for hydroxylation is 1. The standard InChI is InChI=1S/C12H14N4/c1-9-7-15-6-4-11(9)12(16-13)10-3-2-5-14-8-10/h2-8,12,16H,13H2,1H3. The Balaban J connectivity index is 2.41. The molecule has 4 nitrogen and oxygen atoms in total. The van der Waals surface area contributed by atoms with Crippen LogP contribution in [0.15, 0.2) is 43.0 Å². The number of nitrogens with zero attached hydrogens (tertiary/aromatic N) is 2. The number of pyridine rings is 2. The largest absolute Gasteiger partial charge is 0.271 e. The summed E-state index contributed by atoms with van der Waals surface area (Å²) in [6.45, 7) is 2.02. The lowest BCUT2D eigenvalue weighted by Crippen LogP contribution is -2.29. The van der Waals surface area contributed by atoms with Gasteiger partial charge < -0.3 is 0 Å². The average molecular weight is 214 g/mol. The number of rotatable bonds is 3. The molecule has 0 aromatic carbocycles. The van der Waals surface area contributed by atoms with Crippen LogP contribution < -0.4 is 11.3 Å². The van der Waals surface area contributed by atoms with Crippen molar-refractivity contribution in [1.82, 2.24) is 15.4 Å². The Labute approximate surface area is 94.5 Å². The zero-order chi connectivity index (χ0) is 11.4. The first-order valence-electron chi connectivity index (χ1n) is 5.09. The van der Waals surface area contributed by atoms with Gasteiger partial charge in [0, 0.05) is 24.8 Å². The van der Waals surface area contributed by atoms with Crippen LogP contribution in [0.4, 0.5) is 0 Å². The van der Waals surface area contributed by atoms with Crippen LogP contribution in [0.5, 0.6) is 0 Å². The Bertz CT molecular complexity index is 456. The van der Waals surface area contributed by atoms with Gasteiger partial charge in [0.1, 0.15) is 0 Å². The molecular weight excluding hydrogens is 200 g/mol. The average Bonchev–Trinajstić information content (AvgIpc) is 2.34. The van der Waals surface area contributed by atoms with Gasteiger partial charge in [-0.2, -0.15) is 0 Å². The number of aromatic nitrogens is 2. The van der Waals surface area contributed by atoms with Crippen molar-refractivity contribution in [1.29, 1.82) is 0 Å². The zero-order valence-electron chi connectivity index (χ0n) is 9.09. The quantitative estimate of drug-likeness (QED) is 0.597. The Kier molecular flexibility index (Phi) is 3.24. The first-order chi connectivity index (χ1) is 7.83. The molecule has 0 saturated carbocycles. The molecule has 2 aromatic rings. The third-order valence-corrected chi connectivity index (χ3v) is 2.56. The highest BCUT2D eigenvalue weighted by atomic mass is 15.2. The number of hydrazine groups is 1. The topological polar surface area (TPSA) is 63.8 Å². The van der Waals surface area contributed by atoms with Crippen molar-refractivity contribution in [3.63, 3.8) is 0 Å². The van der Waals surface area contributed by atoms with Gasteiger partial charge in [-0.15, -0.1) is 0 Å². The molecule has 1 atom stereocenters. The first kappa shape index (κ1) is 10.7. The van der Waals surface area contributed by atoms with E-state index in [9.17, 15) is 0 Å². The van der Waals surface area contributed by atoms with Crippen molar-refractivity contribution in [3.05, 3.63) is 59.7 Å². The maximum Gasteiger partial charge on any atom is 0.0728 e. The highest BCUT2D eigenvalue weighted by Crippen LogP contribution is 2.22. The number of hydrogen-bond acceptors (Lipinski definition) is 4. The maximum atomic E-state index is 5.61. The minimum atomic E-state index is -0.0447. The van der Waals surface area contributed by atoms with E-state index in [1.807, 2.05) is 37.5 Å². The second kappa shape index (κ2) is 4.83. The van der Waals surface area contributed by atoms with Gasteiger partial charge in [0.05, 0.1) is 6.04 Å². The molecule has 3 N–H and O–H groups in total. The fourth-order valence-electron chi connectivity index (χ4n) is 1.72. The van der Waals surface area contributed by atoms with Crippen LogP contribution in [-0.4, -0.2) is 9.97 Å². The van der Waals surface area contributed by atoms with Gasteiger partial charge in [0.25, 0.3) is 0 Å². The summed E-state index contributed by atoms with van der Waals surface area (Å²) in [5.74, 6) is 5.61. The van der Waals surface area contributed by atoms with Crippen LogP contribution >= 0.6 is 0 Å². The molecule has 1 unspecified atom stereocenters. The van der Waals surface area contributed by atoms with Gasteiger partial charge >= 0.3 is 0 Å². The second-order valence-corrected chi connectivity index (χ2v) is 3.62. The summed E-state index contributed by atoms with van der Waals surface area (Å²) in [6.07, 6.45) is 7.15. The van der Waals surface area contributed by atoms with Crippen molar-refractivity contribution >= 4 is 0 Å². The van der Waals surface area contributed by atoms with E-state index in [1.54, 1.807) is 12.4 Å². The molecule has 2 rings (SSSR count). The molecule has 0 spiro atoms. The summed E-state index contributed by atoms with van der Waals surface area (Å²) in [5.41, 5.74) is 6.07. The molecule has 2 aromatic heterocycles. The number of hydrogen-bond donors (Lipinski definition) is 2. The minimum absolute atomic E-state index is 0.0447. The predicted molar refractivity (Wildman–Crippen MR) is 62.4 cm³/mol. The molecular formula is C12H14N4. The Morgan fingerprint density at radius 2 is 2.00 bits per heavy atom. The second-order valence-electron chi connectivity index (χ2n) is 3.62. The molecule has 0 amide bonds. The van der Waals surface area contributed by atoms with Crippen molar-refractivity contribution < 1.29 is 0 Å². The van der Waals surface area contributed by atoms with Crippen LogP contribution in [0.1, 0.15) is 22.7 Å². The van der Waals surface area contributed by atoms with E-state index < -0.39 is 0 Å². The Morgan fingerprint density at radius 3 is 2.62 bits per heavy atom. The monoisotopic (exact) mass is 214 g/mol. The van der Waals surface area contributed by atoms with E-state index in [0.717, 1.165) is 16.7 Å². The van der Waals surface area contributed by atoms with Crippen molar-refractivity contribution in [2.45, 2.75) is 13.0 Å². The zero-order valence-corrected chi connectivity index (χ0v) is 9.09. The molecule has 0 aliphatic carbocycles. The summed E-state index contributed by atoms with van der Waals surface area (Å²) in [4.78, 5) is 8.17. The molecule has 4 heteroatoms. The van der Waals surface area contributed by atoms with E-state index in [4.69, 9.17) is 5.84 Å². The number of nitrogens with one attached hydrogen (secondary N) is 1. The van der Waals surface area contributed by atoms with Crippen molar-refractivity contribution in [3.8, 4) is 0 Å². The summed E-state index contributed by atoms with van der Waals surface area (Å²) >= 11 is 0. The van der Waals surface area contributed by atoms with Crippen LogP contribution in [0.3, 0.4) is 0 Å². The molecule has 16 heavy (non-hydrogen) atoms. The van der Waals surface area contributed by atoms with Gasteiger partial charge in [-0.3, -0.25) is 15.8 Å². The fraction of sp³-hybridized carbons (Fsp3) is 0.167. The van der Waals surface area contributed by atoms with Crippen LogP contribution in [0.2, 0.25) is 0 Å². The van der Waals surface area contributed by atoms with E-state index in [2.05, 4.69) is 15.4 Å². The lowest BCUT2D eigenvalue weighted by Gasteiger charge is -2.18. The van der Waals surface area contributed by atoms with E-state index >= 15 is 0 Å². The van der Waals surface area contributed by atoms with Gasteiger partial charge in [-0.25, -0.2) is 5.43 Å². The molecule has 0 bridgehead atoms. The lowest BCUT2D eigenvalue weighted by atomic mass is 9.98. The van der Waals surface area contributed by atoms with E-state index in [1.165, 1.54) is 0 Å². The Morgan fingerprint density at radius 1 is 1.19 bits per heavy atom. The highest BCUT2D eigenvalue weighted by molar-refractivity contribution is 5.33. The summed E-state index contributed by atoms with van der Waals surface area (Å²) in [5, 5.41) is 0. The maximum absolute atomic E-state index is 5.61. The molecule has 0 saturated heterocycles. The normalized spacial score (nSPS) is 12.4. The van der Waals surface area contributed by atoms with Crippen molar-refractivity contribution in [2.75, 3.05) is 0 Å². The summed E-state index contributed by atoms with van der Waals surface area (Å²) < 4.78 is 0. The van der Waals surface area contributed by atoms with Gasteiger partial charge in [0.2, 0.25) is 0 Å². The van der Waals surface area contributed by atoms with E-state index in [0.29, 0.717) is 0 Å². The summed E-state index contributed by atoms with van der Waals surface area (Å²) in [6, 6.07) is 5.82. The summed E-state index contributed by atoms with van der Waals surface area (Å²) in [7, 11) is 0. The number of nitrogens with two attached hydrogens (primary N) is 1. The molecule has 82 valence electrons. The smallest absolute Gasteiger partial charge is 0.0728 e. The Hall–Kier alpha value is -1.78. The molecule has 0 aliphatic heterocycles. The molecule has 2 heterocycles. The van der Waals surface area contributed by atoms with Gasteiger partial charge in [-0.1, -0.05) is 6.07 Å². The lowest BCUT2D eigenvalue weighted by molar-refractivity contribution is 0.630. The molecule has 0 aliphatic rings. The van der Waals surface area contributed by atoms with Crippen molar-refractivity contribution in [2.24, 2.45) is 5.84 Å². The van der Waals surface area contributed by atoms with Crippen LogP contribution in [0.25, 0.3) is 0 Å². The third-order valence-electron chi connectivity index (χ3n) is 2.56. The predicted octanol–water partition coefficient (Wildman–Crippen LogP) is 1.34. The first-order valence-corrected chi connectivity index (χ1v) is 5.09. The van der Waals surface area contributed by atoms with E-state index in [-0.39, 0.29) is 6.04 Å². The van der Waals surface area contributed by atoms with Gasteiger partial charge in [0.15, 0.2) is 0 Å². The SMILES string of the molecule is Cc1cnccc1C(NN)c1cccnc1. The van der Waals surface area contributed by atoms with Crippen LogP contribution in [0, 0.1) is 6.92 Å². The van der Waals surface area contributed by atoms with Gasteiger partial charge in [-0.05, 0) is 35.7 Å².